The summed E-state index contributed by atoms with van der Waals surface area (Å²) in [5.41, 5.74) is 2.19. The number of halogens is 1. The molecule has 1 aromatic carbocycles. The number of benzene rings is 1. The van der Waals surface area contributed by atoms with Gasteiger partial charge >= 0.3 is 0 Å². The van der Waals surface area contributed by atoms with Crippen LogP contribution in [-0.4, -0.2) is 14.8 Å². The minimum absolute atomic E-state index is 0.684. The van der Waals surface area contributed by atoms with E-state index in [1.807, 2.05) is 22.9 Å². The van der Waals surface area contributed by atoms with Gasteiger partial charge in [-0.2, -0.15) is 5.10 Å². The molecule has 0 saturated heterocycles. The third-order valence-corrected chi connectivity index (χ3v) is 2.75. The Bertz CT molecular complexity index is 491. The molecule has 1 N–H and O–H groups in total. The lowest BCUT2D eigenvalue weighted by Gasteiger charge is -2.18. The zero-order valence-corrected chi connectivity index (χ0v) is 8.82. The quantitative estimate of drug-likeness (QED) is 0.779. The van der Waals surface area contributed by atoms with Gasteiger partial charge in [0.2, 0.25) is 0 Å². The van der Waals surface area contributed by atoms with Crippen molar-refractivity contribution in [1.29, 1.82) is 0 Å². The van der Waals surface area contributed by atoms with Crippen LogP contribution in [0, 0.1) is 0 Å². The van der Waals surface area contributed by atoms with E-state index in [4.69, 9.17) is 0 Å². The van der Waals surface area contributed by atoms with E-state index >= 15 is 0 Å². The molecule has 14 heavy (non-hydrogen) atoms. The molecule has 0 fully saturated rings. The molecule has 0 atom stereocenters. The third kappa shape index (κ3) is 1.05. The molecule has 0 bridgehead atoms. The van der Waals surface area contributed by atoms with Crippen LogP contribution in [0.15, 0.2) is 29.0 Å². The fourth-order valence-electron chi connectivity index (χ4n) is 1.60. The van der Waals surface area contributed by atoms with Gasteiger partial charge in [0.15, 0.2) is 5.82 Å². The Morgan fingerprint density at radius 2 is 2.36 bits per heavy atom. The minimum Gasteiger partial charge on any atom is -0.366 e. The molecule has 70 valence electrons. The minimum atomic E-state index is 0.684. The van der Waals surface area contributed by atoms with Crippen molar-refractivity contribution in [3.05, 3.63) is 29.0 Å². The zero-order chi connectivity index (χ0) is 9.54. The smallest absolute Gasteiger partial charge is 0.161 e. The summed E-state index contributed by atoms with van der Waals surface area (Å²) in [4.78, 5) is 4.23. The predicted molar refractivity (Wildman–Crippen MR) is 56.8 cm³/mol. The molecule has 2 heterocycles. The van der Waals surface area contributed by atoms with Crippen LogP contribution in [0.25, 0.3) is 11.4 Å². The Kier molecular flexibility index (Phi) is 1.61. The van der Waals surface area contributed by atoms with Crippen LogP contribution in [0.4, 0.5) is 5.69 Å². The molecule has 5 heteroatoms. The Balaban J connectivity index is 2.28. The van der Waals surface area contributed by atoms with E-state index in [0.717, 1.165) is 21.5 Å². The van der Waals surface area contributed by atoms with Crippen molar-refractivity contribution < 1.29 is 0 Å². The zero-order valence-electron chi connectivity index (χ0n) is 7.24. The van der Waals surface area contributed by atoms with Gasteiger partial charge in [-0.1, -0.05) is 15.9 Å². The number of nitrogens with one attached hydrogen (secondary N) is 1. The maximum absolute atomic E-state index is 4.23. The Hall–Kier alpha value is -1.36. The largest absolute Gasteiger partial charge is 0.366 e. The first-order valence-electron chi connectivity index (χ1n) is 4.26. The first kappa shape index (κ1) is 7.99. The van der Waals surface area contributed by atoms with Crippen molar-refractivity contribution in [1.82, 2.24) is 14.8 Å². The molecule has 4 nitrogen and oxygen atoms in total. The van der Waals surface area contributed by atoms with Crippen LogP contribution >= 0.6 is 15.9 Å². The number of rotatable bonds is 0. The molecule has 0 amide bonds. The van der Waals surface area contributed by atoms with Crippen LogP contribution in [0.2, 0.25) is 0 Å². The van der Waals surface area contributed by atoms with E-state index in [9.17, 15) is 0 Å². The molecule has 1 aliphatic rings. The van der Waals surface area contributed by atoms with E-state index in [-0.39, 0.29) is 0 Å². The fraction of sp³-hybridized carbons (Fsp3) is 0.111. The van der Waals surface area contributed by atoms with Crippen LogP contribution in [0.3, 0.4) is 0 Å². The van der Waals surface area contributed by atoms with Crippen LogP contribution in [0.5, 0.6) is 0 Å². The number of anilines is 1. The standard InChI is InChI=1S/C9H7BrN4/c10-6-1-2-8-7(3-6)9-11-4-13-14(9)5-12-8/h1-4,12H,5H2. The molecular weight excluding hydrogens is 244 g/mol. The van der Waals surface area contributed by atoms with Crippen LogP contribution in [-0.2, 0) is 6.67 Å². The number of fused-ring (bicyclic) bond motifs is 3. The summed E-state index contributed by atoms with van der Waals surface area (Å²) in [6, 6.07) is 6.09. The highest BCUT2D eigenvalue weighted by molar-refractivity contribution is 9.10. The monoisotopic (exact) mass is 250 g/mol. The van der Waals surface area contributed by atoms with E-state index in [0.29, 0.717) is 6.67 Å². The van der Waals surface area contributed by atoms with E-state index in [1.54, 1.807) is 6.33 Å². The maximum atomic E-state index is 4.23. The molecule has 0 radical (unpaired) electrons. The van der Waals surface area contributed by atoms with Gasteiger partial charge < -0.3 is 5.32 Å². The number of nitrogens with zero attached hydrogens (tertiary/aromatic N) is 3. The van der Waals surface area contributed by atoms with Crippen molar-refractivity contribution in [2.24, 2.45) is 0 Å². The average Bonchev–Trinajstić information content (AvgIpc) is 2.65. The van der Waals surface area contributed by atoms with Crippen molar-refractivity contribution in [3.8, 4) is 11.4 Å². The lowest BCUT2D eigenvalue weighted by molar-refractivity contribution is 0.666. The van der Waals surface area contributed by atoms with Gasteiger partial charge in [0.25, 0.3) is 0 Å². The second-order valence-electron chi connectivity index (χ2n) is 3.11. The SMILES string of the molecule is Brc1ccc2c(c1)-c1ncnn1CN2. The third-order valence-electron chi connectivity index (χ3n) is 2.26. The van der Waals surface area contributed by atoms with Gasteiger partial charge in [0.1, 0.15) is 13.0 Å². The van der Waals surface area contributed by atoms with Gasteiger partial charge in [-0.25, -0.2) is 9.67 Å². The molecule has 0 aliphatic carbocycles. The molecule has 0 saturated carbocycles. The molecule has 1 aliphatic heterocycles. The normalized spacial score (nSPS) is 12.9. The first-order valence-corrected chi connectivity index (χ1v) is 5.05. The predicted octanol–water partition coefficient (Wildman–Crippen LogP) is 2.09. The van der Waals surface area contributed by atoms with Gasteiger partial charge in [0, 0.05) is 15.7 Å². The topological polar surface area (TPSA) is 42.7 Å². The summed E-state index contributed by atoms with van der Waals surface area (Å²) < 4.78 is 2.89. The summed E-state index contributed by atoms with van der Waals surface area (Å²) in [6.07, 6.45) is 1.58. The van der Waals surface area contributed by atoms with E-state index < -0.39 is 0 Å². The van der Waals surface area contributed by atoms with E-state index in [2.05, 4.69) is 31.3 Å². The number of hydrogen-bond donors (Lipinski definition) is 1. The van der Waals surface area contributed by atoms with Gasteiger partial charge in [0.05, 0.1) is 0 Å². The molecule has 3 rings (SSSR count). The second kappa shape index (κ2) is 2.81. The Labute approximate surface area is 89.1 Å². The van der Waals surface area contributed by atoms with Gasteiger partial charge in [-0.05, 0) is 18.2 Å². The fourth-order valence-corrected chi connectivity index (χ4v) is 1.97. The summed E-state index contributed by atoms with van der Waals surface area (Å²) >= 11 is 3.45. The second-order valence-corrected chi connectivity index (χ2v) is 4.02. The van der Waals surface area contributed by atoms with Crippen molar-refractivity contribution in [2.45, 2.75) is 6.67 Å². The van der Waals surface area contributed by atoms with Gasteiger partial charge in [-0.15, -0.1) is 0 Å². The summed E-state index contributed by atoms with van der Waals surface area (Å²) in [7, 11) is 0. The lowest BCUT2D eigenvalue weighted by atomic mass is 10.1. The van der Waals surface area contributed by atoms with E-state index in [1.165, 1.54) is 0 Å². The number of hydrogen-bond acceptors (Lipinski definition) is 3. The summed E-state index contributed by atoms with van der Waals surface area (Å²) in [6.45, 7) is 0.684. The van der Waals surface area contributed by atoms with Crippen LogP contribution < -0.4 is 5.32 Å². The van der Waals surface area contributed by atoms with Gasteiger partial charge in [-0.3, -0.25) is 0 Å². The van der Waals surface area contributed by atoms with Crippen molar-refractivity contribution in [2.75, 3.05) is 5.32 Å². The van der Waals surface area contributed by atoms with Crippen molar-refractivity contribution >= 4 is 21.6 Å². The maximum Gasteiger partial charge on any atom is 0.161 e. The molecule has 0 spiro atoms. The molecule has 1 aromatic heterocycles. The Morgan fingerprint density at radius 1 is 1.43 bits per heavy atom. The summed E-state index contributed by atoms with van der Waals surface area (Å²) in [5, 5.41) is 7.38. The highest BCUT2D eigenvalue weighted by Crippen LogP contribution is 2.32. The molecule has 2 aromatic rings. The first-order chi connectivity index (χ1) is 6.84. The molecular formula is C9H7BrN4. The highest BCUT2D eigenvalue weighted by atomic mass is 79.9. The highest BCUT2D eigenvalue weighted by Gasteiger charge is 2.16. The lowest BCUT2D eigenvalue weighted by Crippen LogP contribution is -2.16. The average molecular weight is 251 g/mol. The Morgan fingerprint density at radius 3 is 3.29 bits per heavy atom. The van der Waals surface area contributed by atoms with Crippen LogP contribution in [0.1, 0.15) is 0 Å². The summed E-state index contributed by atoms with van der Waals surface area (Å²) in [5.74, 6) is 0.917. The van der Waals surface area contributed by atoms with Crippen molar-refractivity contribution in [3.63, 3.8) is 0 Å². The number of aromatic nitrogens is 3. The molecule has 0 unspecified atom stereocenters.